The summed E-state index contributed by atoms with van der Waals surface area (Å²) >= 11 is 0. The second-order valence-electron chi connectivity index (χ2n) is 7.06. The minimum atomic E-state index is -3.83. The molecule has 0 radical (unpaired) electrons. The summed E-state index contributed by atoms with van der Waals surface area (Å²) < 4.78 is 26.6. The number of pyridine rings is 1. The van der Waals surface area contributed by atoms with Gasteiger partial charge in [0.25, 0.3) is 0 Å². The molecule has 0 saturated heterocycles. The van der Waals surface area contributed by atoms with Crippen LogP contribution >= 0.6 is 0 Å². The van der Waals surface area contributed by atoms with Gasteiger partial charge in [-0.05, 0) is 62.1 Å². The molecule has 0 aliphatic heterocycles. The van der Waals surface area contributed by atoms with Crippen molar-refractivity contribution in [3.63, 3.8) is 0 Å². The van der Waals surface area contributed by atoms with Crippen molar-refractivity contribution in [3.05, 3.63) is 59.4 Å². The first-order chi connectivity index (χ1) is 13.7. The second kappa shape index (κ2) is 9.65. The molecule has 2 amide bonds. The van der Waals surface area contributed by atoms with E-state index in [2.05, 4.69) is 15.6 Å². The van der Waals surface area contributed by atoms with E-state index >= 15 is 0 Å². The van der Waals surface area contributed by atoms with Gasteiger partial charge in [-0.2, -0.15) is 0 Å². The Kier molecular flexibility index (Phi) is 7.50. The maximum atomic E-state index is 13.3. The van der Waals surface area contributed by atoms with E-state index in [1.807, 2.05) is 20.8 Å². The van der Waals surface area contributed by atoms with Gasteiger partial charge in [0.15, 0.2) is 9.84 Å². The molecule has 0 unspecified atom stereocenters. The molecule has 1 heterocycles. The van der Waals surface area contributed by atoms with Crippen molar-refractivity contribution in [1.29, 1.82) is 0 Å². The van der Waals surface area contributed by atoms with Crippen molar-refractivity contribution in [2.45, 2.75) is 50.3 Å². The van der Waals surface area contributed by atoms with Crippen LogP contribution in [0.1, 0.15) is 42.2 Å². The fraction of sp³-hybridized carbons (Fsp3) is 0.381. The summed E-state index contributed by atoms with van der Waals surface area (Å²) in [5, 5.41) is 3.95. The molecule has 0 aliphatic rings. The Morgan fingerprint density at radius 1 is 1.10 bits per heavy atom. The lowest BCUT2D eigenvalue weighted by molar-refractivity contribution is -0.139. The fourth-order valence-electron chi connectivity index (χ4n) is 2.69. The smallest absolute Gasteiger partial charge is 0.309 e. The SMILES string of the molecule is CC[C@H](C)NC(=O)C(=O)NC[C@H](c1cccnc1)S(=O)(=O)c1ccc(C)c(C)c1. The van der Waals surface area contributed by atoms with Crippen LogP contribution in [0.25, 0.3) is 0 Å². The van der Waals surface area contributed by atoms with E-state index in [0.29, 0.717) is 12.0 Å². The Bertz CT molecular complexity index is 975. The van der Waals surface area contributed by atoms with Crippen molar-refractivity contribution < 1.29 is 18.0 Å². The summed E-state index contributed by atoms with van der Waals surface area (Å²) in [6.07, 6.45) is 3.68. The summed E-state index contributed by atoms with van der Waals surface area (Å²) in [5.74, 6) is -1.65. The highest BCUT2D eigenvalue weighted by molar-refractivity contribution is 7.91. The van der Waals surface area contributed by atoms with E-state index in [4.69, 9.17) is 0 Å². The molecule has 0 aliphatic carbocycles. The second-order valence-corrected chi connectivity index (χ2v) is 9.19. The van der Waals surface area contributed by atoms with Gasteiger partial charge in [0.2, 0.25) is 0 Å². The molecule has 156 valence electrons. The molecule has 1 aromatic carbocycles. The van der Waals surface area contributed by atoms with Crippen molar-refractivity contribution in [2.24, 2.45) is 0 Å². The molecular formula is C21H27N3O4S. The van der Waals surface area contributed by atoms with Gasteiger partial charge in [-0.1, -0.05) is 19.1 Å². The first-order valence-electron chi connectivity index (χ1n) is 9.46. The van der Waals surface area contributed by atoms with Crippen molar-refractivity contribution in [1.82, 2.24) is 15.6 Å². The van der Waals surface area contributed by atoms with Gasteiger partial charge in [0, 0.05) is 25.0 Å². The van der Waals surface area contributed by atoms with E-state index in [1.165, 1.54) is 6.20 Å². The van der Waals surface area contributed by atoms with E-state index in [0.717, 1.165) is 11.1 Å². The topological polar surface area (TPSA) is 105 Å². The number of nitrogens with zero attached hydrogens (tertiary/aromatic N) is 1. The maximum Gasteiger partial charge on any atom is 0.309 e. The average molecular weight is 418 g/mol. The molecule has 1 aromatic heterocycles. The summed E-state index contributed by atoms with van der Waals surface area (Å²) in [7, 11) is -3.83. The van der Waals surface area contributed by atoms with E-state index in [9.17, 15) is 18.0 Å². The fourth-order valence-corrected chi connectivity index (χ4v) is 4.41. The van der Waals surface area contributed by atoms with Crippen LogP contribution in [0.4, 0.5) is 0 Å². The number of carbonyl (C=O) groups excluding carboxylic acids is 2. The zero-order chi connectivity index (χ0) is 21.6. The predicted octanol–water partition coefficient (Wildman–Crippen LogP) is 2.24. The number of amides is 2. The zero-order valence-electron chi connectivity index (χ0n) is 17.1. The quantitative estimate of drug-likeness (QED) is 0.672. The van der Waals surface area contributed by atoms with Crippen LogP contribution in [0.5, 0.6) is 0 Å². The van der Waals surface area contributed by atoms with Crippen LogP contribution in [0.3, 0.4) is 0 Å². The van der Waals surface area contributed by atoms with Crippen LogP contribution < -0.4 is 10.6 Å². The minimum Gasteiger partial charge on any atom is -0.346 e. The van der Waals surface area contributed by atoms with Crippen molar-refractivity contribution in [2.75, 3.05) is 6.54 Å². The van der Waals surface area contributed by atoms with Crippen LogP contribution in [0.15, 0.2) is 47.6 Å². The maximum absolute atomic E-state index is 13.3. The summed E-state index contributed by atoms with van der Waals surface area (Å²) in [6.45, 7) is 7.17. The minimum absolute atomic E-state index is 0.151. The molecule has 0 spiro atoms. The summed E-state index contributed by atoms with van der Waals surface area (Å²) in [4.78, 5) is 28.3. The first-order valence-corrected chi connectivity index (χ1v) is 11.0. The third-order valence-electron chi connectivity index (χ3n) is 4.88. The van der Waals surface area contributed by atoms with E-state index in [1.54, 1.807) is 43.5 Å². The Morgan fingerprint density at radius 3 is 2.41 bits per heavy atom. The molecule has 0 fully saturated rings. The molecule has 2 atom stereocenters. The zero-order valence-corrected chi connectivity index (χ0v) is 17.9. The highest BCUT2D eigenvalue weighted by Gasteiger charge is 2.31. The molecule has 0 saturated carbocycles. The van der Waals surface area contributed by atoms with Gasteiger partial charge < -0.3 is 10.6 Å². The number of benzene rings is 1. The molecular weight excluding hydrogens is 390 g/mol. The predicted molar refractivity (Wildman–Crippen MR) is 111 cm³/mol. The van der Waals surface area contributed by atoms with Crippen LogP contribution in [0.2, 0.25) is 0 Å². The van der Waals surface area contributed by atoms with E-state index in [-0.39, 0.29) is 17.5 Å². The number of hydrogen-bond donors (Lipinski definition) is 2. The monoisotopic (exact) mass is 417 g/mol. The lowest BCUT2D eigenvalue weighted by Gasteiger charge is -2.19. The molecule has 29 heavy (non-hydrogen) atoms. The lowest BCUT2D eigenvalue weighted by Crippen LogP contribution is -2.45. The molecule has 2 N–H and O–H groups in total. The number of rotatable bonds is 7. The highest BCUT2D eigenvalue weighted by atomic mass is 32.2. The third kappa shape index (κ3) is 5.63. The Labute approximate surface area is 171 Å². The molecule has 7 nitrogen and oxygen atoms in total. The van der Waals surface area contributed by atoms with Gasteiger partial charge in [-0.15, -0.1) is 0 Å². The lowest BCUT2D eigenvalue weighted by atomic mass is 10.1. The van der Waals surface area contributed by atoms with Crippen molar-refractivity contribution >= 4 is 21.7 Å². The first kappa shape index (κ1) is 22.5. The Balaban J connectivity index is 2.30. The number of nitrogens with one attached hydrogen (secondary N) is 2. The standard InChI is InChI=1S/C21H27N3O4S/c1-5-16(4)24-21(26)20(25)23-13-19(17-7-6-10-22-12-17)29(27,28)18-9-8-14(2)15(3)11-18/h6-12,16,19H,5,13H2,1-4H3,(H,23,25)(H,24,26)/t16-,19+/m0/s1. The number of aromatic nitrogens is 1. The van der Waals surface area contributed by atoms with Crippen LogP contribution in [0, 0.1) is 13.8 Å². The van der Waals surface area contributed by atoms with Crippen LogP contribution in [-0.2, 0) is 19.4 Å². The summed E-state index contributed by atoms with van der Waals surface area (Å²) in [6, 6.07) is 8.05. The molecule has 8 heteroatoms. The van der Waals surface area contributed by atoms with Crippen LogP contribution in [-0.4, -0.2) is 37.8 Å². The molecule has 2 rings (SSSR count). The average Bonchev–Trinajstić information content (AvgIpc) is 2.70. The van der Waals surface area contributed by atoms with Gasteiger partial charge >= 0.3 is 11.8 Å². The number of aryl methyl sites for hydroxylation is 2. The van der Waals surface area contributed by atoms with Gasteiger partial charge in [-0.3, -0.25) is 14.6 Å². The van der Waals surface area contributed by atoms with E-state index < -0.39 is 26.9 Å². The van der Waals surface area contributed by atoms with Gasteiger partial charge in [-0.25, -0.2) is 8.42 Å². The van der Waals surface area contributed by atoms with Gasteiger partial charge in [0.05, 0.1) is 4.90 Å². The molecule has 2 aromatic rings. The summed E-state index contributed by atoms with van der Waals surface area (Å²) in [5.41, 5.74) is 2.28. The molecule has 0 bridgehead atoms. The number of sulfone groups is 1. The normalized spacial score (nSPS) is 13.4. The number of carbonyl (C=O) groups is 2. The Hall–Kier alpha value is -2.74. The number of hydrogen-bond acceptors (Lipinski definition) is 5. The van der Waals surface area contributed by atoms with Crippen molar-refractivity contribution in [3.8, 4) is 0 Å². The van der Waals surface area contributed by atoms with Gasteiger partial charge in [0.1, 0.15) is 5.25 Å². The highest BCUT2D eigenvalue weighted by Crippen LogP contribution is 2.29. The third-order valence-corrected chi connectivity index (χ3v) is 6.98. The Morgan fingerprint density at radius 2 is 1.83 bits per heavy atom. The largest absolute Gasteiger partial charge is 0.346 e.